The number of nitrogen functional groups attached to an aromatic ring is 1. The maximum Gasteiger partial charge on any atom is 0.305 e. The van der Waals surface area contributed by atoms with Crippen LogP contribution < -0.4 is 10.6 Å². The number of nitrogens with zero attached hydrogens (tertiary/aromatic N) is 1. The molecular formula is C15H22N2O4. The molecule has 3 N–H and O–H groups in total. The molecule has 0 aliphatic heterocycles. The van der Waals surface area contributed by atoms with Crippen LogP contribution in [-0.4, -0.2) is 36.7 Å². The Morgan fingerprint density at radius 2 is 1.95 bits per heavy atom. The highest BCUT2D eigenvalue weighted by Crippen LogP contribution is 2.23. The first kappa shape index (κ1) is 17.0. The third kappa shape index (κ3) is 5.83. The summed E-state index contributed by atoms with van der Waals surface area (Å²) < 4.78 is 5.30. The molecule has 0 bridgehead atoms. The van der Waals surface area contributed by atoms with Crippen molar-refractivity contribution in [3.63, 3.8) is 0 Å². The van der Waals surface area contributed by atoms with Gasteiger partial charge in [0.2, 0.25) is 5.91 Å². The van der Waals surface area contributed by atoms with Crippen LogP contribution in [0.25, 0.3) is 0 Å². The lowest BCUT2D eigenvalue weighted by atomic mass is 10.2. The van der Waals surface area contributed by atoms with Crippen molar-refractivity contribution in [3.05, 3.63) is 24.3 Å². The standard InChI is InChI=1S/C15H22N2O4/c1-2-10-21-11-8-14(18)17(9-7-15(19)20)13-6-4-3-5-12(13)16/h3-6H,2,7-11,16H2,1H3,(H,19,20). The molecular weight excluding hydrogens is 272 g/mol. The Balaban J connectivity index is 2.74. The lowest BCUT2D eigenvalue weighted by molar-refractivity contribution is -0.136. The molecule has 0 radical (unpaired) electrons. The minimum absolute atomic E-state index is 0.0934. The summed E-state index contributed by atoms with van der Waals surface area (Å²) in [6, 6.07) is 6.93. The first-order chi connectivity index (χ1) is 10.1. The van der Waals surface area contributed by atoms with Crippen LogP contribution in [0.3, 0.4) is 0 Å². The molecule has 0 aliphatic rings. The number of para-hydroxylation sites is 2. The second-order valence-electron chi connectivity index (χ2n) is 4.61. The van der Waals surface area contributed by atoms with Gasteiger partial charge in [0.05, 0.1) is 30.8 Å². The Hall–Kier alpha value is -2.08. The molecule has 1 aromatic rings. The summed E-state index contributed by atoms with van der Waals surface area (Å²) in [4.78, 5) is 24.4. The molecule has 0 spiro atoms. The van der Waals surface area contributed by atoms with Crippen molar-refractivity contribution in [2.45, 2.75) is 26.2 Å². The van der Waals surface area contributed by atoms with Gasteiger partial charge in [0, 0.05) is 13.2 Å². The molecule has 0 aromatic heterocycles. The van der Waals surface area contributed by atoms with E-state index in [2.05, 4.69) is 0 Å². The first-order valence-electron chi connectivity index (χ1n) is 7.00. The van der Waals surface area contributed by atoms with Gasteiger partial charge in [-0.1, -0.05) is 19.1 Å². The van der Waals surface area contributed by atoms with Crippen molar-refractivity contribution in [1.29, 1.82) is 0 Å². The van der Waals surface area contributed by atoms with Crippen LogP contribution in [-0.2, 0) is 14.3 Å². The quantitative estimate of drug-likeness (QED) is 0.536. The summed E-state index contributed by atoms with van der Waals surface area (Å²) in [6.45, 7) is 3.01. The van der Waals surface area contributed by atoms with Crippen molar-refractivity contribution < 1.29 is 19.4 Å². The number of hydrogen-bond donors (Lipinski definition) is 2. The highest BCUT2D eigenvalue weighted by Gasteiger charge is 2.18. The predicted octanol–water partition coefficient (Wildman–Crippen LogP) is 1.89. The molecule has 0 saturated carbocycles. The number of carboxylic acids is 1. The molecule has 0 heterocycles. The number of rotatable bonds is 9. The van der Waals surface area contributed by atoms with Gasteiger partial charge < -0.3 is 20.5 Å². The fraction of sp³-hybridized carbons (Fsp3) is 0.467. The molecule has 1 aromatic carbocycles. The molecule has 21 heavy (non-hydrogen) atoms. The van der Waals surface area contributed by atoms with Gasteiger partial charge in [0.15, 0.2) is 0 Å². The Morgan fingerprint density at radius 1 is 1.24 bits per heavy atom. The summed E-state index contributed by atoms with van der Waals surface area (Å²) in [5.74, 6) is -1.14. The van der Waals surface area contributed by atoms with E-state index in [0.29, 0.717) is 24.6 Å². The van der Waals surface area contributed by atoms with Crippen molar-refractivity contribution in [2.75, 3.05) is 30.4 Å². The number of aliphatic carboxylic acids is 1. The van der Waals surface area contributed by atoms with Gasteiger partial charge in [0.1, 0.15) is 0 Å². The van der Waals surface area contributed by atoms with E-state index in [4.69, 9.17) is 15.6 Å². The van der Waals surface area contributed by atoms with Crippen LogP contribution in [0.1, 0.15) is 26.2 Å². The lowest BCUT2D eigenvalue weighted by Crippen LogP contribution is -2.34. The van der Waals surface area contributed by atoms with E-state index >= 15 is 0 Å². The fourth-order valence-corrected chi connectivity index (χ4v) is 1.86. The molecule has 0 saturated heterocycles. The van der Waals surface area contributed by atoms with Gasteiger partial charge in [0.25, 0.3) is 0 Å². The molecule has 0 fully saturated rings. The second-order valence-corrected chi connectivity index (χ2v) is 4.61. The summed E-state index contributed by atoms with van der Waals surface area (Å²) in [6.07, 6.45) is 0.965. The van der Waals surface area contributed by atoms with Gasteiger partial charge in [-0.25, -0.2) is 0 Å². The third-order valence-corrected chi connectivity index (χ3v) is 2.89. The highest BCUT2D eigenvalue weighted by molar-refractivity contribution is 5.96. The number of hydrogen-bond acceptors (Lipinski definition) is 4. The first-order valence-corrected chi connectivity index (χ1v) is 7.00. The zero-order chi connectivity index (χ0) is 15.7. The number of carboxylic acid groups (broad SMARTS) is 1. The smallest absolute Gasteiger partial charge is 0.305 e. The van der Waals surface area contributed by atoms with Crippen LogP contribution >= 0.6 is 0 Å². The number of ether oxygens (including phenoxy) is 1. The summed E-state index contributed by atoms with van der Waals surface area (Å²) >= 11 is 0. The highest BCUT2D eigenvalue weighted by atomic mass is 16.5. The van der Waals surface area contributed by atoms with Gasteiger partial charge in [-0.2, -0.15) is 0 Å². The van der Waals surface area contributed by atoms with E-state index in [9.17, 15) is 9.59 Å². The van der Waals surface area contributed by atoms with E-state index in [1.165, 1.54) is 4.90 Å². The fourth-order valence-electron chi connectivity index (χ4n) is 1.86. The van der Waals surface area contributed by atoms with Crippen molar-refractivity contribution >= 4 is 23.3 Å². The lowest BCUT2D eigenvalue weighted by Gasteiger charge is -2.23. The Bertz CT molecular complexity index is 476. The average molecular weight is 294 g/mol. The minimum Gasteiger partial charge on any atom is -0.481 e. The van der Waals surface area contributed by atoms with E-state index in [0.717, 1.165) is 6.42 Å². The Kier molecular flexibility index (Phi) is 7.25. The van der Waals surface area contributed by atoms with E-state index in [-0.39, 0.29) is 25.3 Å². The molecule has 1 amide bonds. The van der Waals surface area contributed by atoms with E-state index in [1.807, 2.05) is 6.92 Å². The maximum atomic E-state index is 12.3. The summed E-state index contributed by atoms with van der Waals surface area (Å²) in [7, 11) is 0. The van der Waals surface area contributed by atoms with Crippen molar-refractivity contribution in [1.82, 2.24) is 0 Å². The molecule has 0 unspecified atom stereocenters. The average Bonchev–Trinajstić information content (AvgIpc) is 2.45. The van der Waals surface area contributed by atoms with Gasteiger partial charge in [-0.3, -0.25) is 9.59 Å². The normalized spacial score (nSPS) is 10.3. The predicted molar refractivity (Wildman–Crippen MR) is 81.2 cm³/mol. The number of nitrogens with two attached hydrogens (primary N) is 1. The number of benzene rings is 1. The van der Waals surface area contributed by atoms with E-state index < -0.39 is 5.97 Å². The third-order valence-electron chi connectivity index (χ3n) is 2.89. The van der Waals surface area contributed by atoms with Crippen LogP contribution in [0.5, 0.6) is 0 Å². The van der Waals surface area contributed by atoms with Gasteiger partial charge in [-0.05, 0) is 18.6 Å². The summed E-state index contributed by atoms with van der Waals surface area (Å²) in [5, 5.41) is 8.81. The van der Waals surface area contributed by atoms with Crippen molar-refractivity contribution in [3.8, 4) is 0 Å². The Morgan fingerprint density at radius 3 is 2.57 bits per heavy atom. The van der Waals surface area contributed by atoms with Crippen LogP contribution in [0.15, 0.2) is 24.3 Å². The molecule has 0 aliphatic carbocycles. The Labute approximate surface area is 124 Å². The van der Waals surface area contributed by atoms with Crippen molar-refractivity contribution in [2.24, 2.45) is 0 Å². The largest absolute Gasteiger partial charge is 0.481 e. The van der Waals surface area contributed by atoms with Crippen LogP contribution in [0.2, 0.25) is 0 Å². The monoisotopic (exact) mass is 294 g/mol. The van der Waals surface area contributed by atoms with Crippen LogP contribution in [0.4, 0.5) is 11.4 Å². The van der Waals surface area contributed by atoms with Gasteiger partial charge >= 0.3 is 5.97 Å². The number of carbonyl (C=O) groups excluding carboxylic acids is 1. The summed E-state index contributed by atoms with van der Waals surface area (Å²) in [5.41, 5.74) is 6.86. The van der Waals surface area contributed by atoms with Gasteiger partial charge in [-0.15, -0.1) is 0 Å². The second kappa shape index (κ2) is 8.97. The zero-order valence-electron chi connectivity index (χ0n) is 12.2. The molecule has 6 heteroatoms. The van der Waals surface area contributed by atoms with E-state index in [1.54, 1.807) is 24.3 Å². The number of carbonyl (C=O) groups is 2. The molecule has 116 valence electrons. The molecule has 6 nitrogen and oxygen atoms in total. The maximum absolute atomic E-state index is 12.3. The molecule has 1 rings (SSSR count). The number of anilines is 2. The van der Waals surface area contributed by atoms with Crippen LogP contribution in [0, 0.1) is 0 Å². The minimum atomic E-state index is -0.954. The number of amides is 1. The SMILES string of the molecule is CCCOCCC(=O)N(CCC(=O)O)c1ccccc1N. The zero-order valence-corrected chi connectivity index (χ0v) is 12.2. The topological polar surface area (TPSA) is 92.9 Å². The molecule has 0 atom stereocenters.